The number of benzene rings is 2. The number of nitrogens with zero attached hydrogens (tertiary/aromatic N) is 3. The van der Waals surface area contributed by atoms with Crippen LogP contribution in [0.15, 0.2) is 53.9 Å². The van der Waals surface area contributed by atoms with Gasteiger partial charge in [0, 0.05) is 28.4 Å². The van der Waals surface area contributed by atoms with E-state index in [1.165, 1.54) is 24.2 Å². The van der Waals surface area contributed by atoms with Crippen LogP contribution >= 0.6 is 23.4 Å². The molecule has 1 fully saturated rings. The van der Waals surface area contributed by atoms with Crippen molar-refractivity contribution in [2.45, 2.75) is 29.8 Å². The Morgan fingerprint density at radius 3 is 2.68 bits per heavy atom. The van der Waals surface area contributed by atoms with E-state index < -0.39 is 0 Å². The van der Waals surface area contributed by atoms with Gasteiger partial charge >= 0.3 is 0 Å². The fourth-order valence-corrected chi connectivity index (χ4v) is 4.78. The van der Waals surface area contributed by atoms with Crippen molar-refractivity contribution in [2.75, 3.05) is 19.6 Å². The van der Waals surface area contributed by atoms with Gasteiger partial charge in [0.25, 0.3) is 5.91 Å². The predicted octanol–water partition coefficient (Wildman–Crippen LogP) is 4.46. The highest BCUT2D eigenvalue weighted by Gasteiger charge is 2.28. The Labute approximate surface area is 189 Å². The Hall–Kier alpha value is -2.42. The minimum absolute atomic E-state index is 0.189. The van der Waals surface area contributed by atoms with E-state index in [0.717, 1.165) is 42.4 Å². The van der Waals surface area contributed by atoms with Gasteiger partial charge in [0.05, 0.1) is 6.04 Å². The van der Waals surface area contributed by atoms with Crippen molar-refractivity contribution < 1.29 is 9.18 Å². The minimum Gasteiger partial charge on any atom is -0.350 e. The maximum absolute atomic E-state index is 14.6. The lowest BCUT2D eigenvalue weighted by atomic mass is 10.0. The van der Waals surface area contributed by atoms with Gasteiger partial charge in [0.15, 0.2) is 5.16 Å². The van der Waals surface area contributed by atoms with Crippen molar-refractivity contribution in [3.05, 3.63) is 76.3 Å². The van der Waals surface area contributed by atoms with Crippen molar-refractivity contribution in [3.8, 4) is 0 Å². The second-order valence-electron chi connectivity index (χ2n) is 7.38. The molecule has 6 nitrogen and oxygen atoms in total. The average Bonchev–Trinajstić information content (AvgIpc) is 3.49. The Balaban J connectivity index is 1.40. The van der Waals surface area contributed by atoms with Gasteiger partial charge in [0.2, 0.25) is 0 Å². The molecule has 0 saturated carbocycles. The van der Waals surface area contributed by atoms with Gasteiger partial charge in [-0.2, -0.15) is 5.10 Å². The second-order valence-corrected chi connectivity index (χ2v) is 8.75. The number of rotatable bonds is 8. The fourth-order valence-electron chi connectivity index (χ4n) is 3.76. The first kappa shape index (κ1) is 21.8. The van der Waals surface area contributed by atoms with Gasteiger partial charge in [-0.05, 0) is 55.8 Å². The number of hydrogen-bond donors (Lipinski definition) is 2. The molecule has 1 aliphatic rings. The smallest absolute Gasteiger partial charge is 0.251 e. The van der Waals surface area contributed by atoms with Crippen molar-refractivity contribution >= 4 is 29.3 Å². The summed E-state index contributed by atoms with van der Waals surface area (Å²) in [6.45, 7) is 2.02. The van der Waals surface area contributed by atoms with Crippen LogP contribution in [0.25, 0.3) is 0 Å². The number of aromatic amines is 1. The number of hydrogen-bond acceptors (Lipinski definition) is 5. The van der Waals surface area contributed by atoms with Gasteiger partial charge in [0.1, 0.15) is 12.1 Å². The number of likely N-dealkylation sites (tertiary alicyclic amines) is 1. The van der Waals surface area contributed by atoms with Crippen LogP contribution in [0, 0.1) is 5.82 Å². The van der Waals surface area contributed by atoms with Crippen molar-refractivity contribution in [1.29, 1.82) is 0 Å². The lowest BCUT2D eigenvalue weighted by molar-refractivity contribution is 0.0937. The number of carbonyl (C=O) groups excluding carboxylic acids is 1. The zero-order valence-corrected chi connectivity index (χ0v) is 18.4. The molecule has 31 heavy (non-hydrogen) atoms. The number of carbonyl (C=O) groups is 1. The molecule has 0 radical (unpaired) electrons. The number of nitrogens with one attached hydrogen (secondary N) is 2. The van der Waals surface area contributed by atoms with Gasteiger partial charge < -0.3 is 5.32 Å². The lowest BCUT2D eigenvalue weighted by Gasteiger charge is -2.29. The quantitative estimate of drug-likeness (QED) is 0.486. The van der Waals surface area contributed by atoms with E-state index in [2.05, 4.69) is 25.4 Å². The maximum atomic E-state index is 14.6. The first-order valence-corrected chi connectivity index (χ1v) is 11.5. The van der Waals surface area contributed by atoms with E-state index in [1.54, 1.807) is 24.3 Å². The molecule has 1 amide bonds. The molecule has 4 rings (SSSR count). The topological polar surface area (TPSA) is 73.9 Å². The molecule has 0 aliphatic carbocycles. The zero-order valence-electron chi connectivity index (χ0n) is 16.9. The summed E-state index contributed by atoms with van der Waals surface area (Å²) in [4.78, 5) is 19.0. The summed E-state index contributed by atoms with van der Waals surface area (Å²) in [5, 5.41) is 10.7. The number of thioether (sulfide) groups is 1. The summed E-state index contributed by atoms with van der Waals surface area (Å²) in [5.41, 5.74) is 2.09. The van der Waals surface area contributed by atoms with Crippen LogP contribution in [0.5, 0.6) is 0 Å². The van der Waals surface area contributed by atoms with Crippen LogP contribution in [0.4, 0.5) is 4.39 Å². The summed E-state index contributed by atoms with van der Waals surface area (Å²) >= 11 is 7.87. The van der Waals surface area contributed by atoms with Crippen LogP contribution in [0.3, 0.4) is 0 Å². The molecule has 1 unspecified atom stereocenters. The summed E-state index contributed by atoms with van der Waals surface area (Å²) in [6, 6.07) is 11.9. The van der Waals surface area contributed by atoms with Crippen LogP contribution in [0.2, 0.25) is 5.02 Å². The van der Waals surface area contributed by atoms with E-state index in [9.17, 15) is 9.18 Å². The normalized spacial score (nSPS) is 15.2. The molecule has 1 saturated heterocycles. The highest BCUT2D eigenvalue weighted by atomic mass is 35.5. The molecular formula is C22H23ClFN5OS. The summed E-state index contributed by atoms with van der Waals surface area (Å²) in [5.74, 6) is 0.193. The summed E-state index contributed by atoms with van der Waals surface area (Å²) < 4.78 is 14.6. The molecule has 1 aromatic heterocycles. The second kappa shape index (κ2) is 10.3. The first-order chi connectivity index (χ1) is 15.1. The minimum atomic E-state index is -0.341. The molecule has 162 valence electrons. The molecule has 3 aromatic rings. The third kappa shape index (κ3) is 5.44. The molecule has 0 spiro atoms. The van der Waals surface area contributed by atoms with Crippen molar-refractivity contribution in [2.24, 2.45) is 0 Å². The number of amides is 1. The van der Waals surface area contributed by atoms with Gasteiger partial charge in [-0.25, -0.2) is 9.37 Å². The first-order valence-electron chi connectivity index (χ1n) is 10.1. The van der Waals surface area contributed by atoms with E-state index in [-0.39, 0.29) is 17.8 Å². The highest BCUT2D eigenvalue weighted by Crippen LogP contribution is 2.32. The Bertz CT molecular complexity index is 989. The molecule has 2 aromatic carbocycles. The van der Waals surface area contributed by atoms with E-state index in [0.29, 0.717) is 22.7 Å². The van der Waals surface area contributed by atoms with Crippen molar-refractivity contribution in [1.82, 2.24) is 25.4 Å². The maximum Gasteiger partial charge on any atom is 0.251 e. The molecule has 1 atom stereocenters. The van der Waals surface area contributed by atoms with Crippen LogP contribution in [-0.2, 0) is 5.75 Å². The molecule has 1 aliphatic heterocycles. The standard InChI is InChI=1S/C22H23ClFN5OS/c23-17-4-3-5-18(24)20(17)19(29-10-1-2-11-29)12-25-21(30)16-8-6-15(7-9-16)13-31-22-26-14-27-28-22/h3-9,14,19H,1-2,10-13H2,(H,25,30)(H,26,27,28). The molecule has 2 heterocycles. The van der Waals surface area contributed by atoms with Gasteiger partial charge in [-0.15, -0.1) is 0 Å². The van der Waals surface area contributed by atoms with E-state index in [4.69, 9.17) is 11.6 Å². The summed E-state index contributed by atoms with van der Waals surface area (Å²) in [7, 11) is 0. The van der Waals surface area contributed by atoms with E-state index >= 15 is 0 Å². The van der Waals surface area contributed by atoms with Crippen LogP contribution in [0.1, 0.15) is 40.4 Å². The SMILES string of the molecule is O=C(NCC(c1c(F)cccc1Cl)N1CCCC1)c1ccc(CSc2ncn[nH]2)cc1. The predicted molar refractivity (Wildman–Crippen MR) is 120 cm³/mol. The fraction of sp³-hybridized carbons (Fsp3) is 0.318. The highest BCUT2D eigenvalue weighted by molar-refractivity contribution is 7.98. The number of aromatic nitrogens is 3. The van der Waals surface area contributed by atoms with Gasteiger partial charge in [-0.1, -0.05) is 41.6 Å². The van der Waals surface area contributed by atoms with Gasteiger partial charge in [-0.3, -0.25) is 14.8 Å². The number of H-pyrrole nitrogens is 1. The Kier molecular flexibility index (Phi) is 7.21. The van der Waals surface area contributed by atoms with Crippen LogP contribution < -0.4 is 5.32 Å². The molecule has 9 heteroatoms. The monoisotopic (exact) mass is 459 g/mol. The summed E-state index contributed by atoms with van der Waals surface area (Å²) in [6.07, 6.45) is 3.59. The van der Waals surface area contributed by atoms with Crippen molar-refractivity contribution in [3.63, 3.8) is 0 Å². The van der Waals surface area contributed by atoms with Crippen LogP contribution in [-0.4, -0.2) is 45.6 Å². The molecule has 0 bridgehead atoms. The third-order valence-electron chi connectivity index (χ3n) is 5.35. The molecule has 2 N–H and O–H groups in total. The Morgan fingerprint density at radius 1 is 1.23 bits per heavy atom. The van der Waals surface area contributed by atoms with E-state index in [1.807, 2.05) is 12.1 Å². The largest absolute Gasteiger partial charge is 0.350 e. The lowest BCUT2D eigenvalue weighted by Crippen LogP contribution is -2.37. The zero-order chi connectivity index (χ0) is 21.6. The molecular weight excluding hydrogens is 437 g/mol. The number of halogens is 2. The third-order valence-corrected chi connectivity index (χ3v) is 6.63. The average molecular weight is 460 g/mol. The Morgan fingerprint density at radius 2 is 2.00 bits per heavy atom.